The predicted octanol–water partition coefficient (Wildman–Crippen LogP) is 9.35. The van der Waals surface area contributed by atoms with E-state index in [1.54, 1.807) is 0 Å². The van der Waals surface area contributed by atoms with E-state index in [-0.39, 0.29) is 0 Å². The molecule has 0 saturated carbocycles. The van der Waals surface area contributed by atoms with Crippen LogP contribution in [-0.2, 0) is 0 Å². The van der Waals surface area contributed by atoms with Crippen LogP contribution in [0.2, 0.25) is 0 Å². The fourth-order valence-electron chi connectivity index (χ4n) is 5.18. The Morgan fingerprint density at radius 3 is 2.17 bits per heavy atom. The third-order valence-electron chi connectivity index (χ3n) is 6.91. The summed E-state index contributed by atoms with van der Waals surface area (Å²) in [5.41, 5.74) is 7.86. The highest BCUT2D eigenvalue weighted by Crippen LogP contribution is 2.35. The van der Waals surface area contributed by atoms with Gasteiger partial charge in [-0.15, -0.1) is 0 Å². The van der Waals surface area contributed by atoms with E-state index in [0.29, 0.717) is 6.04 Å². The van der Waals surface area contributed by atoms with Crippen molar-refractivity contribution < 1.29 is 1.37 Å². The molecule has 0 radical (unpaired) electrons. The van der Waals surface area contributed by atoms with Gasteiger partial charge in [0.15, 0.2) is 0 Å². The van der Waals surface area contributed by atoms with Gasteiger partial charge in [0, 0.05) is 33.2 Å². The molecule has 0 aliphatic rings. The number of nitrogens with zero attached hydrogens (tertiary/aromatic N) is 1. The number of hydrogen-bond donors (Lipinski definition) is 1. The summed E-state index contributed by atoms with van der Waals surface area (Å²) in [5, 5.41) is 8.27. The van der Waals surface area contributed by atoms with Gasteiger partial charge in [-0.3, -0.25) is 0 Å². The van der Waals surface area contributed by atoms with Gasteiger partial charge in [0.1, 0.15) is 0 Å². The quantitative estimate of drug-likeness (QED) is 0.276. The standard InChI is InChI=1S/C34H24N2/c1-2-11-28(12-3-1)36-33-16-7-6-14-30(33)31-23-26(19-22-34(31)36)24-17-20-27(21-18-24)35-32-15-8-10-25-9-4-5-13-29(25)32/h1-23,35H/i6D. The molecule has 1 aromatic heterocycles. The van der Waals surface area contributed by atoms with Gasteiger partial charge < -0.3 is 9.88 Å². The zero-order valence-electron chi connectivity index (χ0n) is 20.6. The van der Waals surface area contributed by atoms with E-state index in [0.717, 1.165) is 50.0 Å². The Kier molecular flexibility index (Phi) is 4.57. The highest BCUT2D eigenvalue weighted by atomic mass is 15.0. The lowest BCUT2D eigenvalue weighted by Gasteiger charge is -2.11. The van der Waals surface area contributed by atoms with Gasteiger partial charge in [0.25, 0.3) is 0 Å². The molecular formula is C34H24N2. The molecule has 36 heavy (non-hydrogen) atoms. The van der Waals surface area contributed by atoms with Gasteiger partial charge in [0.2, 0.25) is 0 Å². The van der Waals surface area contributed by atoms with Crippen molar-refractivity contribution in [2.24, 2.45) is 0 Å². The number of fused-ring (bicyclic) bond motifs is 4. The Labute approximate surface area is 211 Å². The van der Waals surface area contributed by atoms with Crippen LogP contribution in [0.5, 0.6) is 0 Å². The van der Waals surface area contributed by atoms with Crippen molar-refractivity contribution in [2.45, 2.75) is 0 Å². The van der Waals surface area contributed by atoms with E-state index in [1.807, 2.05) is 18.2 Å². The van der Waals surface area contributed by atoms with Gasteiger partial charge in [0.05, 0.1) is 12.4 Å². The molecule has 2 nitrogen and oxygen atoms in total. The molecule has 0 bridgehead atoms. The van der Waals surface area contributed by atoms with Crippen LogP contribution in [0, 0.1) is 0 Å². The average Bonchev–Trinajstić information content (AvgIpc) is 3.27. The molecule has 170 valence electrons. The Balaban J connectivity index is 1.29. The first-order chi connectivity index (χ1) is 18.2. The largest absolute Gasteiger partial charge is 0.355 e. The van der Waals surface area contributed by atoms with Crippen LogP contribution in [0.15, 0.2) is 140 Å². The average molecular weight is 462 g/mol. The summed E-state index contributed by atoms with van der Waals surface area (Å²) in [5.74, 6) is 0. The second-order valence-electron chi connectivity index (χ2n) is 9.08. The van der Waals surface area contributed by atoms with Gasteiger partial charge in [-0.25, -0.2) is 0 Å². The molecule has 7 rings (SSSR count). The van der Waals surface area contributed by atoms with Gasteiger partial charge in [-0.1, -0.05) is 91.0 Å². The predicted molar refractivity (Wildman–Crippen MR) is 153 cm³/mol. The molecule has 1 heterocycles. The minimum absolute atomic E-state index is 0.522. The zero-order chi connectivity index (χ0) is 24.8. The highest BCUT2D eigenvalue weighted by Gasteiger charge is 2.13. The Bertz CT molecular complexity index is 1900. The van der Waals surface area contributed by atoms with Crippen molar-refractivity contribution in [1.29, 1.82) is 0 Å². The molecule has 0 amide bonds. The first-order valence-corrected chi connectivity index (χ1v) is 12.2. The van der Waals surface area contributed by atoms with Crippen LogP contribution in [-0.4, -0.2) is 4.57 Å². The highest BCUT2D eigenvalue weighted by molar-refractivity contribution is 6.10. The lowest BCUT2D eigenvalue weighted by atomic mass is 10.0. The monoisotopic (exact) mass is 461 g/mol. The molecular weight excluding hydrogens is 436 g/mol. The van der Waals surface area contributed by atoms with E-state index in [2.05, 4.69) is 125 Å². The number of rotatable bonds is 4. The first-order valence-electron chi connectivity index (χ1n) is 12.7. The number of nitrogens with one attached hydrogen (secondary N) is 1. The maximum atomic E-state index is 8.23. The number of hydrogen-bond acceptors (Lipinski definition) is 1. The van der Waals surface area contributed by atoms with E-state index in [1.165, 1.54) is 10.8 Å². The zero-order valence-corrected chi connectivity index (χ0v) is 19.6. The fourth-order valence-corrected chi connectivity index (χ4v) is 5.18. The summed E-state index contributed by atoms with van der Waals surface area (Å²) in [6.07, 6.45) is 0. The van der Waals surface area contributed by atoms with Crippen molar-refractivity contribution in [1.82, 2.24) is 4.57 Å². The summed E-state index contributed by atoms with van der Waals surface area (Å²) in [7, 11) is 0. The molecule has 0 aliphatic carbocycles. The lowest BCUT2D eigenvalue weighted by molar-refractivity contribution is 1.18. The number of benzene rings is 6. The van der Waals surface area contributed by atoms with E-state index in [9.17, 15) is 0 Å². The van der Waals surface area contributed by atoms with Crippen LogP contribution in [0.3, 0.4) is 0 Å². The Morgan fingerprint density at radius 2 is 1.28 bits per heavy atom. The SMILES string of the molecule is [2H]c1ccc2c(c1)c1cc(-c3ccc(Nc4cccc5ccccc45)cc3)ccc1n2-c1ccccc1. The van der Waals surface area contributed by atoms with Crippen LogP contribution < -0.4 is 5.32 Å². The fraction of sp³-hybridized carbons (Fsp3) is 0. The van der Waals surface area contributed by atoms with E-state index < -0.39 is 0 Å². The summed E-state index contributed by atoms with van der Waals surface area (Å²) >= 11 is 0. The van der Waals surface area contributed by atoms with Crippen LogP contribution in [0.1, 0.15) is 1.37 Å². The molecule has 1 N–H and O–H groups in total. The molecule has 2 heteroatoms. The van der Waals surface area contributed by atoms with Gasteiger partial charge in [-0.2, -0.15) is 0 Å². The van der Waals surface area contributed by atoms with Crippen molar-refractivity contribution in [3.05, 3.63) is 140 Å². The van der Waals surface area contributed by atoms with Crippen molar-refractivity contribution in [3.63, 3.8) is 0 Å². The minimum Gasteiger partial charge on any atom is -0.355 e. The molecule has 0 spiro atoms. The molecule has 0 saturated heterocycles. The molecule has 6 aromatic carbocycles. The topological polar surface area (TPSA) is 17.0 Å². The van der Waals surface area contributed by atoms with E-state index >= 15 is 0 Å². The minimum atomic E-state index is 0.522. The van der Waals surface area contributed by atoms with Crippen molar-refractivity contribution in [3.8, 4) is 16.8 Å². The smallest absolute Gasteiger partial charge is 0.0623 e. The molecule has 0 aliphatic heterocycles. The van der Waals surface area contributed by atoms with Crippen LogP contribution in [0.4, 0.5) is 11.4 Å². The Hall–Kier alpha value is -4.82. The Morgan fingerprint density at radius 1 is 0.528 bits per heavy atom. The maximum absolute atomic E-state index is 8.23. The molecule has 0 unspecified atom stereocenters. The second kappa shape index (κ2) is 8.44. The van der Waals surface area contributed by atoms with Crippen LogP contribution in [0.25, 0.3) is 49.4 Å². The summed E-state index contributed by atoms with van der Waals surface area (Å²) in [6, 6.07) is 46.8. The summed E-state index contributed by atoms with van der Waals surface area (Å²) < 4.78 is 10.5. The maximum Gasteiger partial charge on any atom is 0.0623 e. The lowest BCUT2D eigenvalue weighted by Crippen LogP contribution is -1.93. The number of para-hydroxylation sites is 2. The summed E-state index contributed by atoms with van der Waals surface area (Å²) in [4.78, 5) is 0. The first kappa shape index (κ1) is 19.5. The molecule has 0 fully saturated rings. The second-order valence-corrected chi connectivity index (χ2v) is 9.08. The normalized spacial score (nSPS) is 11.7. The molecule has 7 aromatic rings. The number of aromatic nitrogens is 1. The third-order valence-corrected chi connectivity index (χ3v) is 6.91. The summed E-state index contributed by atoms with van der Waals surface area (Å²) in [6.45, 7) is 0. The van der Waals surface area contributed by atoms with Crippen molar-refractivity contribution in [2.75, 3.05) is 5.32 Å². The number of anilines is 2. The molecule has 0 atom stereocenters. The van der Waals surface area contributed by atoms with Gasteiger partial charge >= 0.3 is 0 Å². The van der Waals surface area contributed by atoms with Gasteiger partial charge in [-0.05, 0) is 65.0 Å². The van der Waals surface area contributed by atoms with E-state index in [4.69, 9.17) is 1.37 Å². The van der Waals surface area contributed by atoms with Crippen LogP contribution >= 0.6 is 0 Å². The van der Waals surface area contributed by atoms with Crippen molar-refractivity contribution >= 4 is 44.0 Å². The third kappa shape index (κ3) is 3.43.